The minimum absolute atomic E-state index is 0.00517. The molecule has 6 rings (SSSR count). The third-order valence-corrected chi connectivity index (χ3v) is 8.11. The summed E-state index contributed by atoms with van der Waals surface area (Å²) < 4.78 is 61.8. The van der Waals surface area contributed by atoms with Crippen LogP contribution in [0.5, 0.6) is 17.4 Å². The molecule has 48 heavy (non-hydrogen) atoms. The minimum Gasteiger partial charge on any atom is -0.494 e. The Bertz CT molecular complexity index is 1700. The summed E-state index contributed by atoms with van der Waals surface area (Å²) in [5.41, 5.74) is 6.29. The zero-order chi connectivity index (χ0) is 34.3. The Labute approximate surface area is 275 Å². The normalized spacial score (nSPS) is 15.9. The van der Waals surface area contributed by atoms with Crippen molar-refractivity contribution in [3.05, 3.63) is 71.3 Å². The second kappa shape index (κ2) is 15.6. The Balaban J connectivity index is 0.000000199. The summed E-state index contributed by atoms with van der Waals surface area (Å²) in [7, 11) is 3.12. The van der Waals surface area contributed by atoms with Crippen molar-refractivity contribution in [3.63, 3.8) is 0 Å². The standard InChI is InChI=1S/C20H22N4O4.C13H17F3N2O2/c1-23-15(20(25)26)13-14-3-2-4-16(19(14)23)28-18-5-7-21-17(22-18)6-8-24-9-11-27-12-10-24;1-19-12-9(8-18-2-4-20-5-3-18)6-10(7-11(12)17)13(14,15)16/h2-5,7,13H,6,8-12H2,1H3,(H,25,26);6-7H,2-5,8,17H2,1H3. The number of aromatic carboxylic acids is 1. The van der Waals surface area contributed by atoms with E-state index in [0.717, 1.165) is 56.8 Å². The molecule has 2 aliphatic rings. The van der Waals surface area contributed by atoms with Crippen molar-refractivity contribution in [1.82, 2.24) is 24.3 Å². The molecule has 2 aromatic heterocycles. The second-order valence-electron chi connectivity index (χ2n) is 11.3. The van der Waals surface area contributed by atoms with E-state index in [2.05, 4.69) is 14.9 Å². The second-order valence-corrected chi connectivity index (χ2v) is 11.3. The molecule has 2 aliphatic heterocycles. The fraction of sp³-hybridized carbons (Fsp3) is 0.424. The number of halogens is 3. The van der Waals surface area contributed by atoms with E-state index in [0.29, 0.717) is 67.1 Å². The lowest BCUT2D eigenvalue weighted by Crippen LogP contribution is -2.37. The van der Waals surface area contributed by atoms with E-state index in [-0.39, 0.29) is 11.4 Å². The van der Waals surface area contributed by atoms with Gasteiger partial charge in [0.05, 0.1) is 50.3 Å². The Hall–Kier alpha value is -4.44. The first-order valence-corrected chi connectivity index (χ1v) is 15.5. The maximum atomic E-state index is 12.8. The van der Waals surface area contributed by atoms with Crippen LogP contribution in [0.1, 0.15) is 27.4 Å². The van der Waals surface area contributed by atoms with Crippen molar-refractivity contribution in [1.29, 1.82) is 0 Å². The number of carboxylic acids is 1. The Kier molecular flexibility index (Phi) is 11.4. The van der Waals surface area contributed by atoms with Gasteiger partial charge in [0.2, 0.25) is 5.88 Å². The van der Waals surface area contributed by atoms with E-state index < -0.39 is 17.7 Å². The molecule has 4 aromatic rings. The van der Waals surface area contributed by atoms with Crippen LogP contribution in [0.15, 0.2) is 48.7 Å². The van der Waals surface area contributed by atoms with Crippen LogP contribution in [0.25, 0.3) is 10.9 Å². The van der Waals surface area contributed by atoms with Gasteiger partial charge in [-0.15, -0.1) is 0 Å². The Morgan fingerprint density at radius 2 is 1.71 bits per heavy atom. The number of hydrogen-bond acceptors (Lipinski definition) is 10. The molecule has 12 nitrogen and oxygen atoms in total. The van der Waals surface area contributed by atoms with Gasteiger partial charge in [0, 0.05) is 75.9 Å². The molecule has 15 heteroatoms. The van der Waals surface area contributed by atoms with Crippen molar-refractivity contribution < 1.29 is 42.0 Å². The molecule has 0 atom stereocenters. The minimum atomic E-state index is -4.42. The predicted octanol–water partition coefficient (Wildman–Crippen LogP) is 4.46. The van der Waals surface area contributed by atoms with Crippen molar-refractivity contribution >= 4 is 22.6 Å². The van der Waals surface area contributed by atoms with Crippen molar-refractivity contribution in [2.24, 2.45) is 7.05 Å². The van der Waals surface area contributed by atoms with Crippen LogP contribution in [0.4, 0.5) is 18.9 Å². The zero-order valence-electron chi connectivity index (χ0n) is 26.8. The number of anilines is 1. The van der Waals surface area contributed by atoms with Crippen molar-refractivity contribution in [2.45, 2.75) is 19.1 Å². The predicted molar refractivity (Wildman–Crippen MR) is 171 cm³/mol. The third-order valence-electron chi connectivity index (χ3n) is 8.11. The van der Waals surface area contributed by atoms with Crippen LogP contribution in [-0.2, 0) is 35.7 Å². The van der Waals surface area contributed by atoms with Crippen LogP contribution < -0.4 is 15.2 Å². The molecular formula is C33H39F3N6O6. The topological polar surface area (TPSA) is 137 Å². The highest BCUT2D eigenvalue weighted by molar-refractivity contribution is 5.96. The first-order chi connectivity index (χ1) is 23.0. The summed E-state index contributed by atoms with van der Waals surface area (Å²) in [5, 5.41) is 10.2. The smallest absolute Gasteiger partial charge is 0.416 e. The fourth-order valence-electron chi connectivity index (χ4n) is 5.66. The molecule has 0 bridgehead atoms. The highest BCUT2D eigenvalue weighted by atomic mass is 19.4. The molecule has 258 valence electrons. The number of aryl methyl sites for hydroxylation is 1. The van der Waals surface area contributed by atoms with Crippen LogP contribution in [0.3, 0.4) is 0 Å². The largest absolute Gasteiger partial charge is 0.494 e. The molecule has 0 saturated carbocycles. The van der Waals surface area contributed by atoms with Gasteiger partial charge in [0.15, 0.2) is 5.75 Å². The highest BCUT2D eigenvalue weighted by Gasteiger charge is 2.32. The number of hydrogen-bond donors (Lipinski definition) is 2. The van der Waals surface area contributed by atoms with E-state index in [1.807, 2.05) is 23.1 Å². The fourth-order valence-corrected chi connectivity index (χ4v) is 5.66. The van der Waals surface area contributed by atoms with Gasteiger partial charge in [-0.3, -0.25) is 9.80 Å². The SMILES string of the molecule is COc1c(N)cc(C(F)(F)F)cc1CN1CCOCC1.Cn1c(C(=O)O)cc2cccc(Oc3ccnc(CCN4CCOCC4)n3)c21. The van der Waals surface area contributed by atoms with Gasteiger partial charge < -0.3 is 34.4 Å². The Morgan fingerprint density at radius 1 is 1.02 bits per heavy atom. The summed E-state index contributed by atoms with van der Waals surface area (Å²) in [5.74, 6) is 1.05. The number of rotatable bonds is 9. The number of methoxy groups -OCH3 is 1. The quantitative estimate of drug-likeness (QED) is 0.244. The number of alkyl halides is 3. The molecule has 2 fully saturated rings. The number of nitrogen functional groups attached to an aromatic ring is 1. The molecule has 0 unspecified atom stereocenters. The lowest BCUT2D eigenvalue weighted by atomic mass is 10.1. The number of morpholine rings is 2. The summed E-state index contributed by atoms with van der Waals surface area (Å²) in [4.78, 5) is 24.6. The van der Waals surface area contributed by atoms with Crippen LogP contribution in [0, 0.1) is 0 Å². The average Bonchev–Trinajstić information content (AvgIpc) is 3.42. The number of carboxylic acid groups (broad SMARTS) is 1. The number of benzene rings is 2. The summed E-state index contributed by atoms with van der Waals surface area (Å²) in [6.07, 6.45) is -2.00. The highest BCUT2D eigenvalue weighted by Crippen LogP contribution is 2.37. The summed E-state index contributed by atoms with van der Waals surface area (Å²) in [6.45, 7) is 7.15. The molecule has 0 aliphatic carbocycles. The van der Waals surface area contributed by atoms with E-state index >= 15 is 0 Å². The summed E-state index contributed by atoms with van der Waals surface area (Å²) in [6, 6.07) is 10.9. The van der Waals surface area contributed by atoms with Crippen LogP contribution >= 0.6 is 0 Å². The number of fused-ring (bicyclic) bond motifs is 1. The molecule has 3 N–H and O–H groups in total. The van der Waals surface area contributed by atoms with Gasteiger partial charge in [-0.05, 0) is 24.3 Å². The maximum absolute atomic E-state index is 12.8. The van der Waals surface area contributed by atoms with E-state index in [1.54, 1.807) is 29.9 Å². The lowest BCUT2D eigenvalue weighted by molar-refractivity contribution is -0.137. The first-order valence-electron chi connectivity index (χ1n) is 15.5. The van der Waals surface area contributed by atoms with Crippen molar-refractivity contribution in [3.8, 4) is 17.4 Å². The van der Waals surface area contributed by atoms with Gasteiger partial charge in [0.1, 0.15) is 17.3 Å². The number of nitrogens with two attached hydrogens (primary N) is 1. The number of aromatic nitrogens is 3. The third kappa shape index (κ3) is 8.72. The lowest BCUT2D eigenvalue weighted by Gasteiger charge is -2.27. The van der Waals surface area contributed by atoms with Gasteiger partial charge in [-0.25, -0.2) is 9.78 Å². The van der Waals surface area contributed by atoms with E-state index in [4.69, 9.17) is 24.7 Å². The molecule has 4 heterocycles. The summed E-state index contributed by atoms with van der Waals surface area (Å²) >= 11 is 0. The number of nitrogens with zero attached hydrogens (tertiary/aromatic N) is 5. The number of carbonyl (C=O) groups is 1. The van der Waals surface area contributed by atoms with Gasteiger partial charge in [-0.1, -0.05) is 12.1 Å². The molecule has 0 amide bonds. The molecule has 2 aromatic carbocycles. The molecular weight excluding hydrogens is 633 g/mol. The number of ether oxygens (including phenoxy) is 4. The van der Waals surface area contributed by atoms with Crippen LogP contribution in [0.2, 0.25) is 0 Å². The van der Waals surface area contributed by atoms with Crippen molar-refractivity contribution in [2.75, 3.05) is 72.0 Å². The zero-order valence-corrected chi connectivity index (χ0v) is 26.8. The Morgan fingerprint density at radius 3 is 2.35 bits per heavy atom. The van der Waals surface area contributed by atoms with Crippen LogP contribution in [-0.4, -0.2) is 102 Å². The monoisotopic (exact) mass is 672 g/mol. The van der Waals surface area contributed by atoms with E-state index in [1.165, 1.54) is 7.11 Å². The molecule has 0 spiro atoms. The van der Waals surface area contributed by atoms with E-state index in [9.17, 15) is 23.1 Å². The molecule has 0 radical (unpaired) electrons. The average molecular weight is 673 g/mol. The maximum Gasteiger partial charge on any atom is 0.416 e. The number of para-hydroxylation sites is 1. The van der Waals surface area contributed by atoms with Gasteiger partial charge in [-0.2, -0.15) is 18.2 Å². The van der Waals surface area contributed by atoms with Gasteiger partial charge >= 0.3 is 12.1 Å². The van der Waals surface area contributed by atoms with Gasteiger partial charge in [0.25, 0.3) is 0 Å². The first kappa shape index (κ1) is 34.9. The molecule has 2 saturated heterocycles.